The third kappa shape index (κ3) is 3.93. The first-order valence-corrected chi connectivity index (χ1v) is 8.30. The molecule has 0 bridgehead atoms. The Kier molecular flexibility index (Phi) is 5.54. The van der Waals surface area contributed by atoms with Crippen molar-refractivity contribution in [3.63, 3.8) is 0 Å². The van der Waals surface area contributed by atoms with Gasteiger partial charge in [0.25, 0.3) is 11.6 Å². The van der Waals surface area contributed by atoms with Crippen molar-refractivity contribution < 1.29 is 19.2 Å². The fourth-order valence-electron chi connectivity index (χ4n) is 2.70. The van der Waals surface area contributed by atoms with E-state index in [9.17, 15) is 14.9 Å². The molecule has 1 heterocycles. The molecule has 0 spiro atoms. The topological polar surface area (TPSA) is 119 Å². The van der Waals surface area contributed by atoms with Crippen LogP contribution in [0.5, 0.6) is 11.5 Å². The Bertz CT molecular complexity index is 998. The molecule has 0 radical (unpaired) electrons. The Morgan fingerprint density at radius 1 is 1.14 bits per heavy atom. The number of aromatic amines is 1. The first-order valence-electron chi connectivity index (χ1n) is 8.30. The molecule has 1 aromatic heterocycles. The Morgan fingerprint density at radius 3 is 2.50 bits per heavy atom. The summed E-state index contributed by atoms with van der Waals surface area (Å²) in [6.07, 6.45) is 1.42. The lowest BCUT2D eigenvalue weighted by atomic mass is 10.1. The van der Waals surface area contributed by atoms with Crippen molar-refractivity contribution in [1.82, 2.24) is 15.5 Å². The number of nitrogens with zero attached hydrogens (tertiary/aromatic N) is 2. The number of benzene rings is 2. The van der Waals surface area contributed by atoms with Crippen molar-refractivity contribution in [1.29, 1.82) is 0 Å². The number of aromatic nitrogens is 2. The maximum atomic E-state index is 12.6. The number of nitro groups is 1. The van der Waals surface area contributed by atoms with E-state index in [1.807, 2.05) is 6.07 Å². The van der Waals surface area contributed by atoms with E-state index in [1.54, 1.807) is 38.5 Å². The van der Waals surface area contributed by atoms with Crippen molar-refractivity contribution in [2.45, 2.75) is 6.54 Å². The van der Waals surface area contributed by atoms with Gasteiger partial charge in [-0.15, -0.1) is 0 Å². The number of nitrogens with one attached hydrogen (secondary N) is 2. The van der Waals surface area contributed by atoms with Gasteiger partial charge in [0.1, 0.15) is 0 Å². The molecule has 9 nitrogen and oxygen atoms in total. The van der Waals surface area contributed by atoms with E-state index >= 15 is 0 Å². The van der Waals surface area contributed by atoms with E-state index in [0.29, 0.717) is 28.3 Å². The fraction of sp³-hybridized carbons (Fsp3) is 0.158. The van der Waals surface area contributed by atoms with Crippen LogP contribution >= 0.6 is 0 Å². The monoisotopic (exact) mass is 382 g/mol. The molecule has 9 heteroatoms. The second-order valence-electron chi connectivity index (χ2n) is 5.83. The number of non-ortho nitro benzene ring substituents is 1. The Morgan fingerprint density at radius 2 is 1.86 bits per heavy atom. The van der Waals surface area contributed by atoms with Gasteiger partial charge in [0.05, 0.1) is 36.6 Å². The molecule has 0 saturated heterocycles. The maximum Gasteiger partial charge on any atom is 0.269 e. The fourth-order valence-corrected chi connectivity index (χ4v) is 2.70. The molecule has 3 aromatic rings. The van der Waals surface area contributed by atoms with Crippen LogP contribution in [-0.4, -0.2) is 35.2 Å². The van der Waals surface area contributed by atoms with E-state index in [1.165, 1.54) is 18.3 Å². The van der Waals surface area contributed by atoms with Gasteiger partial charge in [-0.2, -0.15) is 5.10 Å². The van der Waals surface area contributed by atoms with Crippen molar-refractivity contribution in [3.05, 3.63) is 69.9 Å². The molecule has 0 aliphatic rings. The normalized spacial score (nSPS) is 10.4. The smallest absolute Gasteiger partial charge is 0.269 e. The second kappa shape index (κ2) is 8.21. The van der Waals surface area contributed by atoms with Crippen LogP contribution in [0, 0.1) is 10.1 Å². The van der Waals surface area contributed by atoms with Crippen molar-refractivity contribution in [3.8, 4) is 22.8 Å². The van der Waals surface area contributed by atoms with Crippen LogP contribution in [0.15, 0.2) is 48.7 Å². The van der Waals surface area contributed by atoms with Crippen LogP contribution < -0.4 is 14.8 Å². The molecule has 0 atom stereocenters. The standard InChI is InChI=1S/C19H18N4O5/c1-27-16-8-3-12(9-17(16)28-2)10-20-19(24)15-11-21-22-18(15)13-4-6-14(7-5-13)23(25)26/h3-9,11H,10H2,1-2H3,(H,20,24)(H,21,22). The number of methoxy groups -OCH3 is 2. The molecule has 0 aliphatic carbocycles. The van der Waals surface area contributed by atoms with E-state index in [0.717, 1.165) is 5.56 Å². The van der Waals surface area contributed by atoms with E-state index in [-0.39, 0.29) is 18.1 Å². The van der Waals surface area contributed by atoms with Gasteiger partial charge in [-0.1, -0.05) is 6.07 Å². The number of nitro benzene ring substituents is 1. The summed E-state index contributed by atoms with van der Waals surface area (Å²) in [6.45, 7) is 0.282. The highest BCUT2D eigenvalue weighted by atomic mass is 16.6. The zero-order valence-electron chi connectivity index (χ0n) is 15.3. The summed E-state index contributed by atoms with van der Waals surface area (Å²) in [5.41, 5.74) is 2.27. The molecule has 0 unspecified atom stereocenters. The van der Waals surface area contributed by atoms with Gasteiger partial charge in [0.2, 0.25) is 0 Å². The average molecular weight is 382 g/mol. The van der Waals surface area contributed by atoms with Crippen molar-refractivity contribution in [2.24, 2.45) is 0 Å². The number of hydrogen-bond acceptors (Lipinski definition) is 6. The van der Waals surface area contributed by atoms with Crippen LogP contribution in [0.3, 0.4) is 0 Å². The summed E-state index contributed by atoms with van der Waals surface area (Å²) in [5, 5.41) is 20.3. The van der Waals surface area contributed by atoms with E-state index in [2.05, 4.69) is 15.5 Å². The summed E-state index contributed by atoms with van der Waals surface area (Å²) in [5.74, 6) is 0.855. The van der Waals surface area contributed by atoms with Crippen molar-refractivity contribution in [2.75, 3.05) is 14.2 Å². The summed E-state index contributed by atoms with van der Waals surface area (Å²) >= 11 is 0. The van der Waals surface area contributed by atoms with Gasteiger partial charge in [-0.3, -0.25) is 20.0 Å². The second-order valence-corrected chi connectivity index (χ2v) is 5.83. The summed E-state index contributed by atoms with van der Waals surface area (Å²) in [6, 6.07) is 11.3. The summed E-state index contributed by atoms with van der Waals surface area (Å²) in [4.78, 5) is 22.9. The number of amides is 1. The summed E-state index contributed by atoms with van der Waals surface area (Å²) < 4.78 is 10.5. The molecular formula is C19H18N4O5. The van der Waals surface area contributed by atoms with Gasteiger partial charge < -0.3 is 14.8 Å². The van der Waals surface area contributed by atoms with E-state index in [4.69, 9.17) is 9.47 Å². The number of carbonyl (C=O) groups is 1. The molecular weight excluding hydrogens is 364 g/mol. The third-order valence-corrected chi connectivity index (χ3v) is 4.15. The lowest BCUT2D eigenvalue weighted by Crippen LogP contribution is -2.23. The number of rotatable bonds is 7. The largest absolute Gasteiger partial charge is 0.493 e. The minimum absolute atomic E-state index is 0.0253. The molecule has 0 aliphatic heterocycles. The highest BCUT2D eigenvalue weighted by Crippen LogP contribution is 2.28. The number of hydrogen-bond donors (Lipinski definition) is 2. The number of carbonyl (C=O) groups excluding carboxylic acids is 1. The Balaban J connectivity index is 1.74. The SMILES string of the molecule is COc1ccc(CNC(=O)c2cn[nH]c2-c2ccc([N+](=O)[O-])cc2)cc1OC. The van der Waals surface area contributed by atoms with Crippen molar-refractivity contribution >= 4 is 11.6 Å². The molecule has 28 heavy (non-hydrogen) atoms. The molecule has 0 saturated carbocycles. The van der Waals surface area contributed by atoms with Crippen LogP contribution in [0.25, 0.3) is 11.3 Å². The molecule has 3 rings (SSSR count). The average Bonchev–Trinajstić information content (AvgIpc) is 3.21. The van der Waals surface area contributed by atoms with E-state index < -0.39 is 4.92 Å². The van der Waals surface area contributed by atoms with Gasteiger partial charge in [0.15, 0.2) is 11.5 Å². The van der Waals surface area contributed by atoms with Crippen LogP contribution in [0.2, 0.25) is 0 Å². The van der Waals surface area contributed by atoms with Crippen LogP contribution in [0.1, 0.15) is 15.9 Å². The maximum absolute atomic E-state index is 12.6. The summed E-state index contributed by atoms with van der Waals surface area (Å²) in [7, 11) is 3.10. The quantitative estimate of drug-likeness (QED) is 0.479. The minimum Gasteiger partial charge on any atom is -0.493 e. The van der Waals surface area contributed by atoms with Gasteiger partial charge in [-0.25, -0.2) is 0 Å². The number of ether oxygens (including phenoxy) is 2. The third-order valence-electron chi connectivity index (χ3n) is 4.15. The molecule has 1 amide bonds. The zero-order chi connectivity index (χ0) is 20.1. The first kappa shape index (κ1) is 18.9. The lowest BCUT2D eigenvalue weighted by Gasteiger charge is -2.10. The van der Waals surface area contributed by atoms with Gasteiger partial charge in [-0.05, 0) is 29.8 Å². The Labute approximate surface area is 160 Å². The Hall–Kier alpha value is -3.88. The van der Waals surface area contributed by atoms with Gasteiger partial charge >= 0.3 is 0 Å². The van der Waals surface area contributed by atoms with Crippen LogP contribution in [-0.2, 0) is 6.54 Å². The molecule has 0 fully saturated rings. The lowest BCUT2D eigenvalue weighted by molar-refractivity contribution is -0.384. The van der Waals surface area contributed by atoms with Gasteiger partial charge in [0, 0.05) is 24.2 Å². The first-order chi connectivity index (χ1) is 13.5. The highest BCUT2D eigenvalue weighted by Gasteiger charge is 2.16. The minimum atomic E-state index is -0.479. The number of H-pyrrole nitrogens is 1. The molecule has 144 valence electrons. The molecule has 2 aromatic carbocycles. The van der Waals surface area contributed by atoms with Crippen LogP contribution in [0.4, 0.5) is 5.69 Å². The predicted octanol–water partition coefficient (Wildman–Crippen LogP) is 2.93. The predicted molar refractivity (Wildman–Crippen MR) is 101 cm³/mol. The molecule has 2 N–H and O–H groups in total. The highest BCUT2D eigenvalue weighted by molar-refractivity contribution is 5.99. The zero-order valence-corrected chi connectivity index (χ0v) is 15.3.